The van der Waals surface area contributed by atoms with E-state index in [2.05, 4.69) is 41.3 Å². The van der Waals surface area contributed by atoms with Crippen LogP contribution in [-0.2, 0) is 4.79 Å². The molecule has 26 heavy (non-hydrogen) atoms. The first-order valence-corrected chi connectivity index (χ1v) is 9.99. The van der Waals surface area contributed by atoms with Crippen LogP contribution in [0.1, 0.15) is 57.9 Å². The molecule has 4 heteroatoms. The molecule has 1 aromatic heterocycles. The summed E-state index contributed by atoms with van der Waals surface area (Å²) in [4.78, 5) is 20.4. The van der Waals surface area contributed by atoms with Crippen LogP contribution in [0.5, 0.6) is 0 Å². The number of rotatable bonds is 1. The molecular weight excluding hydrogens is 322 g/mol. The Labute approximate surface area is 155 Å². The molecule has 2 heterocycles. The molecule has 3 aliphatic carbocycles. The lowest BCUT2D eigenvalue weighted by molar-refractivity contribution is -0.124. The first kappa shape index (κ1) is 16.2. The zero-order valence-electron chi connectivity index (χ0n) is 15.7. The van der Waals surface area contributed by atoms with Crippen molar-refractivity contribution in [2.75, 3.05) is 0 Å². The van der Waals surface area contributed by atoms with Crippen LogP contribution in [0.25, 0.3) is 5.57 Å². The molecule has 0 spiro atoms. The second-order valence-corrected chi connectivity index (χ2v) is 9.13. The van der Waals surface area contributed by atoms with Gasteiger partial charge in [-0.2, -0.15) is 0 Å². The molecule has 2 fully saturated rings. The summed E-state index contributed by atoms with van der Waals surface area (Å²) < 4.78 is 0. The molecule has 0 unspecified atom stereocenters. The number of hydrogen-bond donors (Lipinski definition) is 1. The van der Waals surface area contributed by atoms with E-state index >= 15 is 0 Å². The first-order chi connectivity index (χ1) is 12.5. The third-order valence-corrected chi connectivity index (χ3v) is 8.06. The topological polar surface area (TPSA) is 54.9 Å². The van der Waals surface area contributed by atoms with Gasteiger partial charge in [0.1, 0.15) is 6.33 Å². The molecule has 0 radical (unpaired) electrons. The molecule has 1 saturated heterocycles. The summed E-state index contributed by atoms with van der Waals surface area (Å²) in [5, 5.41) is 3.19. The fourth-order valence-corrected chi connectivity index (χ4v) is 6.65. The number of amides is 1. The molecule has 5 atom stereocenters. The second-order valence-electron chi connectivity index (χ2n) is 9.13. The van der Waals surface area contributed by atoms with Gasteiger partial charge in [-0.15, -0.1) is 0 Å². The Hall–Kier alpha value is -1.97. The highest BCUT2D eigenvalue weighted by Crippen LogP contribution is 2.65. The maximum absolute atomic E-state index is 11.9. The number of carbonyl (C=O) groups excluding carboxylic acids is 1. The van der Waals surface area contributed by atoms with Crippen molar-refractivity contribution in [2.24, 2.45) is 28.6 Å². The highest BCUT2D eigenvalue weighted by Gasteiger charge is 2.57. The van der Waals surface area contributed by atoms with E-state index in [0.717, 1.165) is 19.3 Å². The predicted octanol–water partition coefficient (Wildman–Crippen LogP) is 4.12. The number of fused-ring (bicyclic) bond motifs is 5. The number of carbonyl (C=O) groups is 1. The molecule has 1 N–H and O–H groups in total. The van der Waals surface area contributed by atoms with E-state index in [9.17, 15) is 4.79 Å². The maximum atomic E-state index is 11.9. The fraction of sp³-hybridized carbons (Fsp3) is 0.591. The van der Waals surface area contributed by atoms with Crippen molar-refractivity contribution in [3.63, 3.8) is 0 Å². The average molecular weight is 349 g/mol. The van der Waals surface area contributed by atoms with Crippen molar-refractivity contribution in [3.05, 3.63) is 42.1 Å². The summed E-state index contributed by atoms with van der Waals surface area (Å²) in [7, 11) is 0. The second kappa shape index (κ2) is 5.51. The van der Waals surface area contributed by atoms with E-state index in [1.165, 1.54) is 29.7 Å². The average Bonchev–Trinajstić information content (AvgIpc) is 3.00. The first-order valence-electron chi connectivity index (χ1n) is 9.99. The number of allylic oxidation sites excluding steroid dienone is 4. The van der Waals surface area contributed by atoms with Gasteiger partial charge in [0, 0.05) is 35.5 Å². The minimum atomic E-state index is 0.150. The Morgan fingerprint density at radius 1 is 1.04 bits per heavy atom. The van der Waals surface area contributed by atoms with Gasteiger partial charge in [0.15, 0.2) is 0 Å². The lowest BCUT2D eigenvalue weighted by atomic mass is 9.49. The van der Waals surface area contributed by atoms with Crippen LogP contribution in [0.4, 0.5) is 0 Å². The van der Waals surface area contributed by atoms with Crippen molar-refractivity contribution >= 4 is 11.5 Å². The Balaban J connectivity index is 1.49. The summed E-state index contributed by atoms with van der Waals surface area (Å²) in [6.07, 6.45) is 16.7. The van der Waals surface area contributed by atoms with Gasteiger partial charge in [0.25, 0.3) is 0 Å². The molecule has 0 aromatic carbocycles. The largest absolute Gasteiger partial charge is 0.330 e. The van der Waals surface area contributed by atoms with Crippen molar-refractivity contribution < 1.29 is 4.79 Å². The lowest BCUT2D eigenvalue weighted by Gasteiger charge is -2.57. The minimum Gasteiger partial charge on any atom is -0.330 e. The molecule has 1 amide bonds. The van der Waals surface area contributed by atoms with Gasteiger partial charge >= 0.3 is 0 Å². The number of nitrogens with zero attached hydrogens (tertiary/aromatic N) is 2. The number of hydrogen-bond acceptors (Lipinski definition) is 3. The van der Waals surface area contributed by atoms with Crippen molar-refractivity contribution in [1.29, 1.82) is 0 Å². The lowest BCUT2D eigenvalue weighted by Crippen LogP contribution is -2.52. The highest BCUT2D eigenvalue weighted by molar-refractivity contribution is 5.79. The zero-order chi connectivity index (χ0) is 17.9. The van der Waals surface area contributed by atoms with Crippen LogP contribution in [0.2, 0.25) is 0 Å². The van der Waals surface area contributed by atoms with E-state index < -0.39 is 0 Å². The van der Waals surface area contributed by atoms with E-state index in [-0.39, 0.29) is 16.7 Å². The van der Waals surface area contributed by atoms with Gasteiger partial charge in [-0.25, -0.2) is 9.97 Å². The van der Waals surface area contributed by atoms with Gasteiger partial charge < -0.3 is 5.32 Å². The molecular formula is C22H27N3O. The SMILES string of the molecule is C[C@]12CCC(=O)NC1=CC[C@@H]1[C@@H]2CC[C@]2(C)C(c3cncnc3)=CC[C@@H]12. The summed E-state index contributed by atoms with van der Waals surface area (Å²) in [6, 6.07) is 0. The number of aromatic nitrogens is 2. The van der Waals surface area contributed by atoms with Crippen molar-refractivity contribution in [2.45, 2.75) is 52.4 Å². The van der Waals surface area contributed by atoms with Crippen LogP contribution >= 0.6 is 0 Å². The van der Waals surface area contributed by atoms with Crippen molar-refractivity contribution in [3.8, 4) is 0 Å². The van der Waals surface area contributed by atoms with Crippen LogP contribution in [0, 0.1) is 28.6 Å². The molecule has 4 nitrogen and oxygen atoms in total. The standard InChI is InChI=1S/C22H27N3O/c1-21-9-7-18-15(3-6-19-22(18,2)10-8-20(26)25-19)17(21)5-4-16(21)14-11-23-13-24-12-14/h4,6,11-13,15,17-18H,3,5,7-10H2,1-2H3,(H,25,26)/t15-,17-,18-,21+,22+/m0/s1. The van der Waals surface area contributed by atoms with E-state index in [0.29, 0.717) is 24.2 Å². The smallest absolute Gasteiger partial charge is 0.224 e. The third-order valence-electron chi connectivity index (χ3n) is 8.06. The van der Waals surface area contributed by atoms with Gasteiger partial charge in [-0.1, -0.05) is 26.0 Å². The summed E-state index contributed by atoms with van der Waals surface area (Å²) in [6.45, 7) is 4.86. The molecule has 136 valence electrons. The molecule has 1 saturated carbocycles. The van der Waals surface area contributed by atoms with Crippen LogP contribution < -0.4 is 5.32 Å². The fourth-order valence-electron chi connectivity index (χ4n) is 6.65. The van der Waals surface area contributed by atoms with Gasteiger partial charge in [0.05, 0.1) is 0 Å². The van der Waals surface area contributed by atoms with Gasteiger partial charge in [-0.3, -0.25) is 4.79 Å². The monoisotopic (exact) mass is 349 g/mol. The molecule has 1 aliphatic heterocycles. The van der Waals surface area contributed by atoms with Gasteiger partial charge in [-0.05, 0) is 60.8 Å². The number of piperidine rings is 1. The molecule has 0 bridgehead atoms. The normalized spacial score (nSPS) is 41.3. The Kier molecular flexibility index (Phi) is 3.44. The maximum Gasteiger partial charge on any atom is 0.224 e. The van der Waals surface area contributed by atoms with Gasteiger partial charge in [0.2, 0.25) is 5.91 Å². The predicted molar refractivity (Wildman–Crippen MR) is 101 cm³/mol. The highest BCUT2D eigenvalue weighted by atomic mass is 16.1. The van der Waals surface area contributed by atoms with Crippen LogP contribution in [0.15, 0.2) is 36.6 Å². The Bertz CT molecular complexity index is 814. The van der Waals surface area contributed by atoms with Crippen molar-refractivity contribution in [1.82, 2.24) is 15.3 Å². The van der Waals surface area contributed by atoms with E-state index in [1.807, 2.05) is 12.4 Å². The molecule has 4 aliphatic rings. The summed E-state index contributed by atoms with van der Waals surface area (Å²) in [5.74, 6) is 2.27. The van der Waals surface area contributed by atoms with E-state index in [1.54, 1.807) is 6.33 Å². The van der Waals surface area contributed by atoms with Crippen LogP contribution in [0.3, 0.4) is 0 Å². The van der Waals surface area contributed by atoms with Crippen LogP contribution in [-0.4, -0.2) is 15.9 Å². The number of nitrogens with one attached hydrogen (secondary N) is 1. The van der Waals surface area contributed by atoms with E-state index in [4.69, 9.17) is 0 Å². The third kappa shape index (κ3) is 2.11. The summed E-state index contributed by atoms with van der Waals surface area (Å²) in [5.41, 5.74) is 4.24. The quantitative estimate of drug-likeness (QED) is 0.830. The molecule has 1 aromatic rings. The minimum absolute atomic E-state index is 0.150. The Morgan fingerprint density at radius 2 is 1.85 bits per heavy atom. The zero-order valence-corrected chi connectivity index (χ0v) is 15.7. The summed E-state index contributed by atoms with van der Waals surface area (Å²) >= 11 is 0. The Morgan fingerprint density at radius 3 is 2.65 bits per heavy atom. The molecule has 5 rings (SSSR count).